The highest BCUT2D eigenvalue weighted by molar-refractivity contribution is 6.64. The van der Waals surface area contributed by atoms with Crippen LogP contribution in [0.1, 0.15) is 0 Å². The van der Waals surface area contributed by atoms with E-state index in [2.05, 4.69) is 10.3 Å². The minimum Gasteiger partial charge on any atom is -0.476 e. The fourth-order valence-electron chi connectivity index (χ4n) is 0.251. The van der Waals surface area contributed by atoms with E-state index in [0.717, 1.165) is 0 Å². The fourth-order valence-corrected chi connectivity index (χ4v) is 0.251. The zero-order valence-electron chi connectivity index (χ0n) is 4.72. The van der Waals surface area contributed by atoms with Crippen LogP contribution in [-0.4, -0.2) is 33.0 Å². The van der Waals surface area contributed by atoms with E-state index >= 15 is 0 Å². The smallest absolute Gasteiger partial charge is 0.361 e. The lowest BCUT2D eigenvalue weighted by atomic mass is 10.3. The molecule has 0 aliphatic rings. The van der Waals surface area contributed by atoms with Crippen molar-refractivity contribution in [1.29, 1.82) is 0 Å². The fraction of sp³-hybridized carbons (Fsp3) is 0. The van der Waals surface area contributed by atoms with Gasteiger partial charge >= 0.3 is 5.97 Å². The number of hydrogen-bond acceptors (Lipinski definition) is 5. The number of hydrogen-bond donors (Lipinski definition) is 4. The van der Waals surface area contributed by atoms with Crippen molar-refractivity contribution in [1.82, 2.24) is 0 Å². The summed E-state index contributed by atoms with van der Waals surface area (Å²) in [7, 11) is 0. The summed E-state index contributed by atoms with van der Waals surface area (Å²) in [5.41, 5.74) is 3.86. The summed E-state index contributed by atoms with van der Waals surface area (Å²) in [6, 6.07) is 0. The minimum atomic E-state index is -1.57. The first-order chi connectivity index (χ1) is 4.63. The van der Waals surface area contributed by atoms with Gasteiger partial charge in [0, 0.05) is 0 Å². The van der Waals surface area contributed by atoms with Gasteiger partial charge in [0.05, 0.1) is 0 Å². The topological polar surface area (TPSA) is 128 Å². The number of nitrogens with zero attached hydrogens (tertiary/aromatic N) is 2. The first-order valence-corrected chi connectivity index (χ1v) is 2.06. The predicted octanol–water partition coefficient (Wildman–Crippen LogP) is -1.35. The lowest BCUT2D eigenvalue weighted by molar-refractivity contribution is -0.129. The molecule has 0 rings (SSSR count). The van der Waals surface area contributed by atoms with E-state index < -0.39 is 17.5 Å². The number of carboxylic acid groups (broad SMARTS) is 1. The van der Waals surface area contributed by atoms with Gasteiger partial charge in [-0.25, -0.2) is 4.79 Å². The molecule has 0 aromatic heterocycles. The molecule has 0 radical (unpaired) electrons. The molecule has 0 bridgehead atoms. The lowest BCUT2D eigenvalue weighted by Gasteiger charge is -1.92. The molecule has 0 aromatic rings. The maximum absolute atomic E-state index is 9.97. The third kappa shape index (κ3) is 1.62. The molecule has 0 saturated heterocycles. The highest BCUT2D eigenvalue weighted by Crippen LogP contribution is 1.77. The van der Waals surface area contributed by atoms with Crippen LogP contribution in [0.25, 0.3) is 0 Å². The van der Waals surface area contributed by atoms with E-state index in [1.807, 2.05) is 0 Å². The quantitative estimate of drug-likeness (QED) is 0.166. The Balaban J connectivity index is 4.56. The Bertz CT molecular complexity index is 196. The largest absolute Gasteiger partial charge is 0.476 e. The van der Waals surface area contributed by atoms with E-state index in [1.54, 1.807) is 0 Å². The molecule has 0 unspecified atom stereocenters. The highest BCUT2D eigenvalue weighted by atomic mass is 16.4. The van der Waals surface area contributed by atoms with Crippen molar-refractivity contribution >= 4 is 17.5 Å². The third-order valence-corrected chi connectivity index (χ3v) is 0.653. The molecular weight excluding hydrogens is 142 g/mol. The number of oxime groups is 2. The Morgan fingerprint density at radius 3 is 1.90 bits per heavy atom. The number of rotatable bonds is 2. The van der Waals surface area contributed by atoms with Gasteiger partial charge in [-0.1, -0.05) is 10.3 Å². The molecule has 7 heteroatoms. The number of carbonyl (C=O) groups is 1. The Labute approximate surface area is 55.1 Å². The second kappa shape index (κ2) is 3.28. The van der Waals surface area contributed by atoms with Crippen LogP contribution in [-0.2, 0) is 4.79 Å². The molecule has 7 nitrogen and oxygen atoms in total. The summed E-state index contributed by atoms with van der Waals surface area (Å²) in [5, 5.41) is 28.5. The van der Waals surface area contributed by atoms with E-state index in [1.165, 1.54) is 0 Å². The van der Waals surface area contributed by atoms with Crippen LogP contribution in [0.3, 0.4) is 0 Å². The lowest BCUT2D eigenvalue weighted by Crippen LogP contribution is -2.30. The second-order valence-electron chi connectivity index (χ2n) is 1.24. The van der Waals surface area contributed by atoms with Gasteiger partial charge in [0.2, 0.25) is 5.71 Å². The SMILES string of the molecule is NC(=N\O)/C(=N/O)C(=O)O. The summed E-state index contributed by atoms with van der Waals surface area (Å²) in [6.07, 6.45) is 0. The Kier molecular flexibility index (Phi) is 2.69. The van der Waals surface area contributed by atoms with Crippen LogP contribution in [0, 0.1) is 0 Å². The van der Waals surface area contributed by atoms with Crippen molar-refractivity contribution in [3.05, 3.63) is 0 Å². The molecule has 5 N–H and O–H groups in total. The van der Waals surface area contributed by atoms with Gasteiger partial charge in [-0.05, 0) is 0 Å². The number of nitrogens with two attached hydrogens (primary N) is 1. The summed E-state index contributed by atoms with van der Waals surface area (Å²) < 4.78 is 0. The zero-order chi connectivity index (χ0) is 8.15. The molecular formula is C3H5N3O4. The zero-order valence-corrected chi connectivity index (χ0v) is 4.72. The van der Waals surface area contributed by atoms with Crippen molar-refractivity contribution < 1.29 is 20.3 Å². The number of carboxylic acids is 1. The standard InChI is InChI=1S/C3H5N3O4/c4-2(6-10)1(5-9)3(7)8/h9-10H,(H2,4,6)(H,7,8)/b5-1-. The molecule has 56 valence electrons. The summed E-state index contributed by atoms with van der Waals surface area (Å²) >= 11 is 0. The number of aliphatic carboxylic acids is 1. The number of amidine groups is 1. The van der Waals surface area contributed by atoms with E-state index in [9.17, 15) is 4.79 Å². The second-order valence-corrected chi connectivity index (χ2v) is 1.24. The molecule has 0 saturated carbocycles. The average Bonchev–Trinajstić information content (AvgIpc) is 1.88. The predicted molar refractivity (Wildman–Crippen MR) is 30.3 cm³/mol. The van der Waals surface area contributed by atoms with E-state index in [4.69, 9.17) is 21.3 Å². The molecule has 10 heavy (non-hydrogen) atoms. The van der Waals surface area contributed by atoms with Crippen molar-refractivity contribution in [2.24, 2.45) is 16.0 Å². The van der Waals surface area contributed by atoms with Gasteiger partial charge in [0.15, 0.2) is 5.84 Å². The first kappa shape index (κ1) is 8.21. The van der Waals surface area contributed by atoms with Crippen LogP contribution in [0.15, 0.2) is 10.3 Å². The Morgan fingerprint density at radius 2 is 1.80 bits per heavy atom. The van der Waals surface area contributed by atoms with Gasteiger partial charge in [0.1, 0.15) is 0 Å². The molecule has 0 aliphatic carbocycles. The summed E-state index contributed by atoms with van der Waals surface area (Å²) in [5.74, 6) is -2.33. The Morgan fingerprint density at radius 1 is 1.30 bits per heavy atom. The average molecular weight is 147 g/mol. The van der Waals surface area contributed by atoms with Gasteiger partial charge in [-0.2, -0.15) is 0 Å². The van der Waals surface area contributed by atoms with Gasteiger partial charge in [0.25, 0.3) is 0 Å². The van der Waals surface area contributed by atoms with Crippen LogP contribution in [0.2, 0.25) is 0 Å². The van der Waals surface area contributed by atoms with E-state index in [-0.39, 0.29) is 0 Å². The summed E-state index contributed by atoms with van der Waals surface area (Å²) in [6.45, 7) is 0. The first-order valence-electron chi connectivity index (χ1n) is 2.06. The van der Waals surface area contributed by atoms with Crippen molar-refractivity contribution in [3.63, 3.8) is 0 Å². The Hall–Kier alpha value is -1.79. The van der Waals surface area contributed by atoms with Gasteiger partial charge in [-0.15, -0.1) is 0 Å². The molecule has 0 atom stereocenters. The van der Waals surface area contributed by atoms with Crippen molar-refractivity contribution in [2.45, 2.75) is 0 Å². The molecule has 0 fully saturated rings. The minimum absolute atomic E-state index is 0.755. The maximum Gasteiger partial charge on any atom is 0.361 e. The van der Waals surface area contributed by atoms with Crippen LogP contribution >= 0.6 is 0 Å². The third-order valence-electron chi connectivity index (χ3n) is 0.653. The van der Waals surface area contributed by atoms with Crippen LogP contribution < -0.4 is 5.73 Å². The van der Waals surface area contributed by atoms with Crippen molar-refractivity contribution in [2.75, 3.05) is 0 Å². The van der Waals surface area contributed by atoms with Crippen molar-refractivity contribution in [3.8, 4) is 0 Å². The van der Waals surface area contributed by atoms with Crippen LogP contribution in [0.5, 0.6) is 0 Å². The molecule has 0 aromatic carbocycles. The molecule has 0 aliphatic heterocycles. The maximum atomic E-state index is 9.97. The molecule has 0 amide bonds. The van der Waals surface area contributed by atoms with Crippen LogP contribution in [0.4, 0.5) is 0 Å². The van der Waals surface area contributed by atoms with Gasteiger partial charge in [-0.3, -0.25) is 0 Å². The van der Waals surface area contributed by atoms with Gasteiger partial charge < -0.3 is 21.3 Å². The molecule has 0 heterocycles. The highest BCUT2D eigenvalue weighted by Gasteiger charge is 2.14. The molecule has 0 spiro atoms. The normalized spacial score (nSPS) is 13.2. The van der Waals surface area contributed by atoms with E-state index in [0.29, 0.717) is 0 Å². The monoisotopic (exact) mass is 147 g/mol. The summed E-state index contributed by atoms with van der Waals surface area (Å²) in [4.78, 5) is 9.97.